The predicted octanol–water partition coefficient (Wildman–Crippen LogP) is 11.3. The van der Waals surface area contributed by atoms with Crippen molar-refractivity contribution in [2.45, 2.75) is 0 Å². The van der Waals surface area contributed by atoms with Gasteiger partial charge < -0.3 is 4.57 Å². The third-order valence-electron chi connectivity index (χ3n) is 8.74. The van der Waals surface area contributed by atoms with Crippen molar-refractivity contribution in [1.82, 2.24) is 19.5 Å². The molecule has 0 unspecified atom stereocenters. The molecular formula is C45H30N4. The molecule has 0 atom stereocenters. The summed E-state index contributed by atoms with van der Waals surface area (Å²) in [6.45, 7) is 0. The molecule has 2 heterocycles. The zero-order valence-corrected chi connectivity index (χ0v) is 26.2. The second-order valence-corrected chi connectivity index (χ2v) is 11.7. The fourth-order valence-electron chi connectivity index (χ4n) is 6.46. The van der Waals surface area contributed by atoms with Gasteiger partial charge in [-0.3, -0.25) is 0 Å². The molecular weight excluding hydrogens is 597 g/mol. The van der Waals surface area contributed by atoms with E-state index in [4.69, 9.17) is 21.8 Å². The monoisotopic (exact) mass is 631 g/mol. The van der Waals surface area contributed by atoms with Crippen molar-refractivity contribution < 1.29 is 6.85 Å². The second kappa shape index (κ2) is 12.2. The lowest BCUT2D eigenvalue weighted by Gasteiger charge is -2.15. The molecule has 4 nitrogen and oxygen atoms in total. The van der Waals surface area contributed by atoms with Gasteiger partial charge in [0.15, 0.2) is 17.5 Å². The van der Waals surface area contributed by atoms with Gasteiger partial charge in [0.2, 0.25) is 0 Å². The van der Waals surface area contributed by atoms with Crippen LogP contribution in [0, 0.1) is 0 Å². The number of rotatable bonds is 6. The number of hydrogen-bond donors (Lipinski definition) is 0. The molecule has 2 aromatic heterocycles. The molecule has 0 saturated carbocycles. The summed E-state index contributed by atoms with van der Waals surface area (Å²) in [5.74, 6) is 1.76. The smallest absolute Gasteiger partial charge is 0.164 e. The SMILES string of the molecule is [2H]c1c([2H])c([2H])c(-c2ccc3c(c2)c2ccccc2n3-c2ccccc2-c2cccc(-c3nc(-c4ccccc4)nc(-c4ccccc4)n3)c2)c([2H])c1[2H]. The molecule has 0 aliphatic carbocycles. The van der Waals surface area contributed by atoms with E-state index < -0.39 is 6.04 Å². The molecule has 230 valence electrons. The van der Waals surface area contributed by atoms with Gasteiger partial charge in [-0.05, 0) is 47.0 Å². The molecule has 0 bridgehead atoms. The summed E-state index contributed by atoms with van der Waals surface area (Å²) in [6.07, 6.45) is 0. The highest BCUT2D eigenvalue weighted by atomic mass is 15.0. The zero-order chi connectivity index (χ0) is 36.9. The lowest BCUT2D eigenvalue weighted by Crippen LogP contribution is -2.00. The fraction of sp³-hybridized carbons (Fsp3) is 0. The minimum atomic E-state index is -0.407. The van der Waals surface area contributed by atoms with Gasteiger partial charge in [-0.25, -0.2) is 15.0 Å². The standard InChI is InChI=1S/C45H30N4/c1-4-15-31(16-5-1)34-27-28-42-39(30-34)38-24-11-13-26-41(38)49(42)40-25-12-10-23-37(40)35-21-14-22-36(29-35)45-47-43(32-17-6-2-7-18-32)46-44(48-45)33-19-8-3-9-20-33/h1-30H/i1D,4D,5D,15D,16D. The van der Waals surface area contributed by atoms with Crippen LogP contribution in [0.1, 0.15) is 6.85 Å². The van der Waals surface area contributed by atoms with Crippen molar-refractivity contribution in [1.29, 1.82) is 0 Å². The summed E-state index contributed by atoms with van der Waals surface area (Å²) >= 11 is 0. The highest BCUT2D eigenvalue weighted by Crippen LogP contribution is 2.38. The molecule has 0 spiro atoms. The summed E-state index contributed by atoms with van der Waals surface area (Å²) in [5, 5.41) is 1.89. The Morgan fingerprint density at radius 3 is 1.69 bits per heavy atom. The third-order valence-corrected chi connectivity index (χ3v) is 8.74. The molecule has 9 aromatic rings. The molecule has 9 rings (SSSR count). The summed E-state index contributed by atoms with van der Waals surface area (Å²) in [7, 11) is 0. The topological polar surface area (TPSA) is 43.6 Å². The number of benzene rings is 7. The first kappa shape index (κ1) is 23.6. The Labute approximate surface area is 291 Å². The Bertz CT molecular complexity index is 2800. The van der Waals surface area contributed by atoms with Crippen LogP contribution in [0.25, 0.3) is 83.9 Å². The van der Waals surface area contributed by atoms with Crippen LogP contribution in [0.4, 0.5) is 0 Å². The van der Waals surface area contributed by atoms with Gasteiger partial charge >= 0.3 is 0 Å². The van der Waals surface area contributed by atoms with Crippen LogP contribution in [0.5, 0.6) is 0 Å². The molecule has 0 N–H and O–H groups in total. The van der Waals surface area contributed by atoms with Crippen molar-refractivity contribution in [3.63, 3.8) is 0 Å². The predicted molar refractivity (Wildman–Crippen MR) is 201 cm³/mol. The molecule has 49 heavy (non-hydrogen) atoms. The van der Waals surface area contributed by atoms with E-state index >= 15 is 0 Å². The van der Waals surface area contributed by atoms with Crippen molar-refractivity contribution >= 4 is 21.8 Å². The van der Waals surface area contributed by atoms with E-state index in [2.05, 4.69) is 41.0 Å². The Balaban J connectivity index is 1.21. The number of para-hydroxylation sites is 2. The van der Waals surface area contributed by atoms with Gasteiger partial charge in [0.1, 0.15) is 0 Å². The fourth-order valence-corrected chi connectivity index (χ4v) is 6.46. The normalized spacial score (nSPS) is 12.7. The maximum absolute atomic E-state index is 8.61. The first-order valence-electron chi connectivity index (χ1n) is 18.5. The number of aromatic nitrogens is 4. The van der Waals surface area contributed by atoms with Crippen molar-refractivity contribution in [2.75, 3.05) is 0 Å². The van der Waals surface area contributed by atoms with Crippen LogP contribution in [0.15, 0.2) is 182 Å². The quantitative estimate of drug-likeness (QED) is 0.183. The van der Waals surface area contributed by atoms with Gasteiger partial charge in [0.25, 0.3) is 0 Å². The Kier molecular flexibility index (Phi) is 5.87. The van der Waals surface area contributed by atoms with Crippen LogP contribution in [0.2, 0.25) is 0 Å². The maximum atomic E-state index is 8.61. The Morgan fingerprint density at radius 1 is 0.388 bits per heavy atom. The van der Waals surface area contributed by atoms with Crippen LogP contribution >= 0.6 is 0 Å². The summed E-state index contributed by atoms with van der Waals surface area (Å²) in [4.78, 5) is 14.8. The molecule has 0 aliphatic heterocycles. The minimum absolute atomic E-state index is 0.182. The van der Waals surface area contributed by atoms with E-state index in [1.54, 1.807) is 0 Å². The van der Waals surface area contributed by atoms with Gasteiger partial charge in [0.05, 0.1) is 23.6 Å². The Morgan fingerprint density at radius 2 is 0.959 bits per heavy atom. The van der Waals surface area contributed by atoms with Gasteiger partial charge in [0, 0.05) is 33.0 Å². The van der Waals surface area contributed by atoms with Crippen LogP contribution < -0.4 is 0 Å². The third kappa shape index (κ3) is 5.26. The molecule has 0 aliphatic rings. The molecule has 0 fully saturated rings. The second-order valence-electron chi connectivity index (χ2n) is 11.7. The van der Waals surface area contributed by atoms with Crippen molar-refractivity contribution in [3.05, 3.63) is 182 Å². The number of hydrogen-bond acceptors (Lipinski definition) is 3. The van der Waals surface area contributed by atoms with Gasteiger partial charge in [-0.15, -0.1) is 0 Å². The van der Waals surface area contributed by atoms with Gasteiger partial charge in [-0.1, -0.05) is 152 Å². The summed E-state index contributed by atoms with van der Waals surface area (Å²) < 4.78 is 44.0. The molecule has 0 amide bonds. The van der Waals surface area contributed by atoms with Crippen LogP contribution in [-0.2, 0) is 0 Å². The van der Waals surface area contributed by atoms with E-state index in [1.165, 1.54) is 0 Å². The number of fused-ring (bicyclic) bond motifs is 3. The van der Waals surface area contributed by atoms with Crippen molar-refractivity contribution in [2.24, 2.45) is 0 Å². The molecule has 0 radical (unpaired) electrons. The van der Waals surface area contributed by atoms with E-state index in [-0.39, 0.29) is 29.7 Å². The molecule has 0 saturated heterocycles. The zero-order valence-electron chi connectivity index (χ0n) is 31.2. The summed E-state index contributed by atoms with van der Waals surface area (Å²) in [6, 6.07) is 48.7. The van der Waals surface area contributed by atoms with E-state index in [0.717, 1.165) is 55.3 Å². The highest BCUT2D eigenvalue weighted by Gasteiger charge is 2.17. The summed E-state index contributed by atoms with van der Waals surface area (Å²) in [5.41, 5.74) is 8.24. The minimum Gasteiger partial charge on any atom is -0.309 e. The van der Waals surface area contributed by atoms with E-state index in [9.17, 15) is 0 Å². The first-order chi connectivity index (χ1) is 26.4. The lowest BCUT2D eigenvalue weighted by atomic mass is 10.0. The Hall–Kier alpha value is -6.65. The number of nitrogens with zero attached hydrogens (tertiary/aromatic N) is 4. The largest absolute Gasteiger partial charge is 0.309 e. The van der Waals surface area contributed by atoms with E-state index in [0.29, 0.717) is 23.0 Å². The van der Waals surface area contributed by atoms with Crippen molar-refractivity contribution in [3.8, 4) is 62.1 Å². The van der Waals surface area contributed by atoms with Crippen LogP contribution in [0.3, 0.4) is 0 Å². The molecule has 7 aromatic carbocycles. The lowest BCUT2D eigenvalue weighted by molar-refractivity contribution is 1.07. The average Bonchev–Trinajstić information content (AvgIpc) is 3.56. The van der Waals surface area contributed by atoms with Gasteiger partial charge in [-0.2, -0.15) is 0 Å². The molecule has 4 heteroatoms. The van der Waals surface area contributed by atoms with Crippen LogP contribution in [-0.4, -0.2) is 19.5 Å². The first-order valence-corrected chi connectivity index (χ1v) is 16.0. The van der Waals surface area contributed by atoms with E-state index in [1.807, 2.05) is 115 Å². The average molecular weight is 632 g/mol. The maximum Gasteiger partial charge on any atom is 0.164 e. The highest BCUT2D eigenvalue weighted by molar-refractivity contribution is 6.11.